The molecule has 1 fully saturated rings. The molecular formula is C19H25N3O4. The van der Waals surface area contributed by atoms with E-state index < -0.39 is 0 Å². The van der Waals surface area contributed by atoms with Gasteiger partial charge in [0.15, 0.2) is 0 Å². The number of hydrogen-bond acceptors (Lipinski definition) is 5. The van der Waals surface area contributed by atoms with Crippen molar-refractivity contribution in [2.24, 2.45) is 5.92 Å². The SMILES string of the molecule is COc1ccc(OC)c(CCC(=O)Nc2ccnn2C[C@@H]2CCOC2)c1. The van der Waals surface area contributed by atoms with Gasteiger partial charge in [0.05, 0.1) is 27.0 Å². The smallest absolute Gasteiger partial charge is 0.225 e. The molecule has 1 saturated heterocycles. The lowest BCUT2D eigenvalue weighted by molar-refractivity contribution is -0.116. The summed E-state index contributed by atoms with van der Waals surface area (Å²) in [5.41, 5.74) is 0.943. The lowest BCUT2D eigenvalue weighted by Gasteiger charge is -2.13. The quantitative estimate of drug-likeness (QED) is 0.784. The molecule has 1 aromatic heterocycles. The van der Waals surface area contributed by atoms with Crippen LogP contribution in [0.3, 0.4) is 0 Å². The second-order valence-corrected chi connectivity index (χ2v) is 6.35. The third-order valence-corrected chi connectivity index (χ3v) is 4.55. The average Bonchev–Trinajstić information content (AvgIpc) is 3.32. The molecule has 0 saturated carbocycles. The van der Waals surface area contributed by atoms with Crippen LogP contribution < -0.4 is 14.8 Å². The predicted octanol–water partition coefficient (Wildman–Crippen LogP) is 2.51. The minimum absolute atomic E-state index is 0.0562. The van der Waals surface area contributed by atoms with Crippen LogP contribution in [0.15, 0.2) is 30.5 Å². The molecular weight excluding hydrogens is 334 g/mol. The summed E-state index contributed by atoms with van der Waals surface area (Å²) in [5.74, 6) is 2.62. The summed E-state index contributed by atoms with van der Waals surface area (Å²) in [6.07, 6.45) is 3.65. The molecule has 1 atom stereocenters. The number of nitrogens with one attached hydrogen (secondary N) is 1. The maximum atomic E-state index is 12.4. The van der Waals surface area contributed by atoms with E-state index in [1.807, 2.05) is 28.9 Å². The van der Waals surface area contributed by atoms with Crippen molar-refractivity contribution in [2.45, 2.75) is 25.8 Å². The lowest BCUT2D eigenvalue weighted by atomic mass is 10.1. The summed E-state index contributed by atoms with van der Waals surface area (Å²) in [6.45, 7) is 2.31. The van der Waals surface area contributed by atoms with Crippen molar-refractivity contribution in [1.29, 1.82) is 0 Å². The van der Waals surface area contributed by atoms with E-state index in [9.17, 15) is 4.79 Å². The van der Waals surface area contributed by atoms with Crippen LogP contribution in [0, 0.1) is 5.92 Å². The predicted molar refractivity (Wildman–Crippen MR) is 97.6 cm³/mol. The molecule has 7 heteroatoms. The van der Waals surface area contributed by atoms with Gasteiger partial charge >= 0.3 is 0 Å². The Labute approximate surface area is 153 Å². The number of carbonyl (C=O) groups excluding carboxylic acids is 1. The first-order valence-corrected chi connectivity index (χ1v) is 8.80. The van der Waals surface area contributed by atoms with Crippen molar-refractivity contribution >= 4 is 11.7 Å². The number of carbonyl (C=O) groups is 1. The lowest BCUT2D eigenvalue weighted by Crippen LogP contribution is -2.19. The average molecular weight is 359 g/mol. The van der Waals surface area contributed by atoms with Crippen LogP contribution in [0.2, 0.25) is 0 Å². The second kappa shape index (κ2) is 8.71. The standard InChI is InChI=1S/C19H25N3O4/c1-24-16-4-5-17(25-2)15(11-16)3-6-19(23)21-18-7-9-20-22(18)12-14-8-10-26-13-14/h4-5,7,9,11,14H,3,6,8,10,12-13H2,1-2H3,(H,21,23)/t14-/m0/s1. The largest absolute Gasteiger partial charge is 0.497 e. The number of hydrogen-bond donors (Lipinski definition) is 1. The first-order chi connectivity index (χ1) is 12.7. The molecule has 1 aromatic carbocycles. The van der Waals surface area contributed by atoms with Crippen molar-refractivity contribution in [3.05, 3.63) is 36.0 Å². The van der Waals surface area contributed by atoms with E-state index >= 15 is 0 Å². The van der Waals surface area contributed by atoms with E-state index in [0.717, 1.165) is 49.1 Å². The van der Waals surface area contributed by atoms with Gasteiger partial charge in [-0.15, -0.1) is 0 Å². The number of ether oxygens (including phenoxy) is 3. The van der Waals surface area contributed by atoms with Gasteiger partial charge in [-0.05, 0) is 36.6 Å². The maximum absolute atomic E-state index is 12.4. The molecule has 2 heterocycles. The van der Waals surface area contributed by atoms with Gasteiger partial charge in [-0.3, -0.25) is 4.79 Å². The highest BCUT2D eigenvalue weighted by molar-refractivity contribution is 5.90. The Hall–Kier alpha value is -2.54. The molecule has 0 bridgehead atoms. The molecule has 0 unspecified atom stereocenters. The molecule has 26 heavy (non-hydrogen) atoms. The Morgan fingerprint density at radius 2 is 2.23 bits per heavy atom. The molecule has 1 amide bonds. The Bertz CT molecular complexity index is 738. The number of aryl methyl sites for hydroxylation is 1. The summed E-state index contributed by atoms with van der Waals surface area (Å²) >= 11 is 0. The Morgan fingerprint density at radius 3 is 2.96 bits per heavy atom. The molecule has 1 aliphatic heterocycles. The van der Waals surface area contributed by atoms with Crippen molar-refractivity contribution in [1.82, 2.24) is 9.78 Å². The summed E-state index contributed by atoms with van der Waals surface area (Å²) in [4.78, 5) is 12.4. The first-order valence-electron chi connectivity index (χ1n) is 8.80. The number of nitrogens with zero attached hydrogens (tertiary/aromatic N) is 2. The fraction of sp³-hybridized carbons (Fsp3) is 0.474. The van der Waals surface area contributed by atoms with E-state index in [4.69, 9.17) is 14.2 Å². The molecule has 0 aliphatic carbocycles. The zero-order valence-corrected chi connectivity index (χ0v) is 15.2. The number of aromatic nitrogens is 2. The molecule has 2 aromatic rings. The topological polar surface area (TPSA) is 74.6 Å². The molecule has 1 aliphatic rings. The van der Waals surface area contributed by atoms with Crippen LogP contribution in [-0.2, 0) is 22.5 Å². The normalized spacial score (nSPS) is 16.5. The molecule has 0 spiro atoms. The molecule has 140 valence electrons. The number of amides is 1. The highest BCUT2D eigenvalue weighted by Crippen LogP contribution is 2.25. The van der Waals surface area contributed by atoms with Gasteiger partial charge in [-0.25, -0.2) is 4.68 Å². The van der Waals surface area contributed by atoms with Crippen molar-refractivity contribution < 1.29 is 19.0 Å². The summed E-state index contributed by atoms with van der Waals surface area (Å²) in [6, 6.07) is 7.41. The minimum Gasteiger partial charge on any atom is -0.497 e. The fourth-order valence-electron chi connectivity index (χ4n) is 3.09. The third kappa shape index (κ3) is 4.54. The van der Waals surface area contributed by atoms with E-state index in [2.05, 4.69) is 10.4 Å². The van der Waals surface area contributed by atoms with Gasteiger partial charge in [0.1, 0.15) is 17.3 Å². The van der Waals surface area contributed by atoms with Gasteiger partial charge in [-0.1, -0.05) is 0 Å². The number of rotatable bonds is 8. The van der Waals surface area contributed by atoms with E-state index in [1.165, 1.54) is 0 Å². The number of anilines is 1. The zero-order chi connectivity index (χ0) is 18.4. The maximum Gasteiger partial charge on any atom is 0.225 e. The molecule has 0 radical (unpaired) electrons. The molecule has 3 rings (SSSR count). The van der Waals surface area contributed by atoms with Crippen LogP contribution >= 0.6 is 0 Å². The van der Waals surface area contributed by atoms with Gasteiger partial charge in [0.2, 0.25) is 5.91 Å². The third-order valence-electron chi connectivity index (χ3n) is 4.55. The van der Waals surface area contributed by atoms with E-state index in [-0.39, 0.29) is 5.91 Å². The van der Waals surface area contributed by atoms with E-state index in [0.29, 0.717) is 18.8 Å². The monoisotopic (exact) mass is 359 g/mol. The van der Waals surface area contributed by atoms with Gasteiger partial charge < -0.3 is 19.5 Å². The summed E-state index contributed by atoms with van der Waals surface area (Å²) in [7, 11) is 3.24. The Balaban J connectivity index is 1.57. The van der Waals surface area contributed by atoms with Gasteiger partial charge in [-0.2, -0.15) is 5.10 Å². The first kappa shape index (κ1) is 18.3. The Morgan fingerprint density at radius 1 is 1.35 bits per heavy atom. The fourth-order valence-corrected chi connectivity index (χ4v) is 3.09. The highest BCUT2D eigenvalue weighted by Gasteiger charge is 2.18. The molecule has 7 nitrogen and oxygen atoms in total. The van der Waals surface area contributed by atoms with Crippen LogP contribution in [0.1, 0.15) is 18.4 Å². The van der Waals surface area contributed by atoms with Crippen LogP contribution in [-0.4, -0.2) is 43.1 Å². The van der Waals surface area contributed by atoms with Crippen molar-refractivity contribution in [3.8, 4) is 11.5 Å². The Kier molecular flexibility index (Phi) is 6.12. The van der Waals surface area contributed by atoms with Gasteiger partial charge in [0, 0.05) is 31.6 Å². The summed E-state index contributed by atoms with van der Waals surface area (Å²) < 4.78 is 17.9. The zero-order valence-electron chi connectivity index (χ0n) is 15.2. The molecule has 1 N–H and O–H groups in total. The van der Waals surface area contributed by atoms with Crippen LogP contribution in [0.25, 0.3) is 0 Å². The summed E-state index contributed by atoms with van der Waals surface area (Å²) in [5, 5.41) is 7.26. The highest BCUT2D eigenvalue weighted by atomic mass is 16.5. The van der Waals surface area contributed by atoms with Crippen molar-refractivity contribution in [3.63, 3.8) is 0 Å². The van der Waals surface area contributed by atoms with Gasteiger partial charge in [0.25, 0.3) is 0 Å². The second-order valence-electron chi connectivity index (χ2n) is 6.35. The van der Waals surface area contributed by atoms with Crippen LogP contribution in [0.4, 0.5) is 5.82 Å². The number of methoxy groups -OCH3 is 2. The van der Waals surface area contributed by atoms with Crippen LogP contribution in [0.5, 0.6) is 11.5 Å². The minimum atomic E-state index is -0.0562. The number of benzene rings is 1. The van der Waals surface area contributed by atoms with Crippen molar-refractivity contribution in [2.75, 3.05) is 32.8 Å². The van der Waals surface area contributed by atoms with E-state index in [1.54, 1.807) is 20.4 Å².